The molecule has 0 saturated heterocycles. The molecule has 0 saturated carbocycles. The SMILES string of the molecule is CC.CC(C)Cc1ccccc1.CCC(=O)OC(C)(C)C. The lowest BCUT2D eigenvalue weighted by molar-refractivity contribution is -0.154. The lowest BCUT2D eigenvalue weighted by Gasteiger charge is -2.18. The maximum atomic E-state index is 10.6. The molecule has 0 aliphatic carbocycles. The highest BCUT2D eigenvalue weighted by Gasteiger charge is 2.13. The minimum atomic E-state index is -0.326. The number of carbonyl (C=O) groups excluding carboxylic acids is 1. The van der Waals surface area contributed by atoms with Gasteiger partial charge in [-0.25, -0.2) is 0 Å². The van der Waals surface area contributed by atoms with Crippen LogP contribution in [0.5, 0.6) is 0 Å². The van der Waals surface area contributed by atoms with Crippen molar-refractivity contribution in [3.63, 3.8) is 0 Å². The van der Waals surface area contributed by atoms with Gasteiger partial charge in [-0.1, -0.05) is 65.0 Å². The summed E-state index contributed by atoms with van der Waals surface area (Å²) in [6.45, 7) is 15.9. The molecule has 21 heavy (non-hydrogen) atoms. The van der Waals surface area contributed by atoms with E-state index in [0.29, 0.717) is 6.42 Å². The number of hydrogen-bond acceptors (Lipinski definition) is 2. The largest absolute Gasteiger partial charge is 0.460 e. The highest BCUT2D eigenvalue weighted by Crippen LogP contribution is 2.07. The predicted molar refractivity (Wildman–Crippen MR) is 92.5 cm³/mol. The summed E-state index contributed by atoms with van der Waals surface area (Å²) in [5, 5.41) is 0. The van der Waals surface area contributed by atoms with Gasteiger partial charge in [0.1, 0.15) is 5.60 Å². The van der Waals surface area contributed by atoms with E-state index in [1.165, 1.54) is 12.0 Å². The van der Waals surface area contributed by atoms with Crippen molar-refractivity contribution in [2.75, 3.05) is 0 Å². The van der Waals surface area contributed by atoms with Gasteiger partial charge in [0.05, 0.1) is 0 Å². The van der Waals surface area contributed by atoms with Crippen LogP contribution in [0, 0.1) is 5.92 Å². The van der Waals surface area contributed by atoms with Crippen LogP contribution in [0.4, 0.5) is 0 Å². The first-order chi connectivity index (χ1) is 9.74. The first-order valence-corrected chi connectivity index (χ1v) is 8.00. The quantitative estimate of drug-likeness (QED) is 0.673. The molecule has 1 rings (SSSR count). The van der Waals surface area contributed by atoms with Gasteiger partial charge < -0.3 is 4.74 Å². The van der Waals surface area contributed by atoms with E-state index in [2.05, 4.69) is 44.2 Å². The van der Waals surface area contributed by atoms with Crippen molar-refractivity contribution in [1.29, 1.82) is 0 Å². The third-order valence-electron chi connectivity index (χ3n) is 2.20. The smallest absolute Gasteiger partial charge is 0.306 e. The number of benzene rings is 1. The minimum absolute atomic E-state index is 0.137. The molecule has 2 heteroatoms. The number of ether oxygens (including phenoxy) is 1. The fraction of sp³-hybridized carbons (Fsp3) is 0.632. The molecule has 1 aromatic carbocycles. The molecule has 2 nitrogen and oxygen atoms in total. The normalized spacial score (nSPS) is 9.95. The molecule has 0 fully saturated rings. The molecule has 0 radical (unpaired) electrons. The Morgan fingerprint density at radius 2 is 1.57 bits per heavy atom. The van der Waals surface area contributed by atoms with Crippen LogP contribution in [0.2, 0.25) is 0 Å². The average molecular weight is 294 g/mol. The van der Waals surface area contributed by atoms with Crippen LogP contribution in [0.15, 0.2) is 30.3 Å². The van der Waals surface area contributed by atoms with Crippen LogP contribution in [0.1, 0.15) is 67.4 Å². The van der Waals surface area contributed by atoms with Crippen LogP contribution in [0.3, 0.4) is 0 Å². The number of esters is 1. The van der Waals surface area contributed by atoms with Gasteiger partial charge in [-0.05, 0) is 38.7 Å². The Balaban J connectivity index is 0. The lowest BCUT2D eigenvalue weighted by Crippen LogP contribution is -2.23. The second-order valence-electron chi connectivity index (χ2n) is 6.02. The first kappa shape index (κ1) is 22.0. The molecule has 1 aromatic rings. The summed E-state index contributed by atoms with van der Waals surface area (Å²) >= 11 is 0. The Labute approximate surface area is 131 Å². The van der Waals surface area contributed by atoms with Gasteiger partial charge in [0.25, 0.3) is 0 Å². The van der Waals surface area contributed by atoms with E-state index in [-0.39, 0.29) is 11.6 Å². The van der Waals surface area contributed by atoms with Gasteiger partial charge >= 0.3 is 5.97 Å². The zero-order valence-corrected chi connectivity index (χ0v) is 15.2. The number of rotatable bonds is 3. The molecule has 0 atom stereocenters. The zero-order chi connectivity index (χ0) is 16.9. The van der Waals surface area contributed by atoms with Crippen molar-refractivity contribution in [2.24, 2.45) is 5.92 Å². The van der Waals surface area contributed by atoms with Crippen molar-refractivity contribution in [1.82, 2.24) is 0 Å². The third kappa shape index (κ3) is 16.6. The van der Waals surface area contributed by atoms with Gasteiger partial charge in [0.2, 0.25) is 0 Å². The zero-order valence-electron chi connectivity index (χ0n) is 15.2. The number of carbonyl (C=O) groups is 1. The third-order valence-corrected chi connectivity index (χ3v) is 2.20. The van der Waals surface area contributed by atoms with Crippen LogP contribution in [-0.4, -0.2) is 11.6 Å². The molecule has 0 aliphatic heterocycles. The number of hydrogen-bond donors (Lipinski definition) is 0. The Morgan fingerprint density at radius 1 is 1.10 bits per heavy atom. The summed E-state index contributed by atoms with van der Waals surface area (Å²) in [6, 6.07) is 10.6. The molecule has 0 spiro atoms. The van der Waals surface area contributed by atoms with E-state index in [9.17, 15) is 4.79 Å². The van der Waals surface area contributed by atoms with E-state index in [0.717, 1.165) is 5.92 Å². The summed E-state index contributed by atoms with van der Waals surface area (Å²) in [7, 11) is 0. The summed E-state index contributed by atoms with van der Waals surface area (Å²) < 4.78 is 4.95. The van der Waals surface area contributed by atoms with Gasteiger partial charge in [-0.3, -0.25) is 4.79 Å². The molecule has 0 aliphatic rings. The highest BCUT2D eigenvalue weighted by atomic mass is 16.6. The van der Waals surface area contributed by atoms with Crippen molar-refractivity contribution < 1.29 is 9.53 Å². The molecule has 0 N–H and O–H groups in total. The molecule has 0 unspecified atom stereocenters. The first-order valence-electron chi connectivity index (χ1n) is 8.00. The highest BCUT2D eigenvalue weighted by molar-refractivity contribution is 5.69. The van der Waals surface area contributed by atoms with Gasteiger partial charge in [0.15, 0.2) is 0 Å². The summed E-state index contributed by atoms with van der Waals surface area (Å²) in [5.41, 5.74) is 1.12. The Bertz CT molecular complexity index is 348. The van der Waals surface area contributed by atoms with Crippen LogP contribution < -0.4 is 0 Å². The summed E-state index contributed by atoms with van der Waals surface area (Å²) in [4.78, 5) is 10.6. The van der Waals surface area contributed by atoms with E-state index in [1.807, 2.05) is 34.6 Å². The molecular formula is C19H34O2. The van der Waals surface area contributed by atoms with Crippen molar-refractivity contribution >= 4 is 5.97 Å². The predicted octanol–water partition coefficient (Wildman–Crippen LogP) is 5.65. The van der Waals surface area contributed by atoms with Crippen LogP contribution in [0.25, 0.3) is 0 Å². The van der Waals surface area contributed by atoms with Crippen molar-refractivity contribution in [3.8, 4) is 0 Å². The molecule has 0 heterocycles. The second-order valence-corrected chi connectivity index (χ2v) is 6.02. The van der Waals surface area contributed by atoms with Crippen molar-refractivity contribution in [3.05, 3.63) is 35.9 Å². The lowest BCUT2D eigenvalue weighted by atomic mass is 10.0. The maximum Gasteiger partial charge on any atom is 0.306 e. The summed E-state index contributed by atoms with van der Waals surface area (Å²) in [6.07, 6.45) is 1.65. The molecule has 0 bridgehead atoms. The van der Waals surface area contributed by atoms with E-state index in [4.69, 9.17) is 4.74 Å². The topological polar surface area (TPSA) is 26.3 Å². The summed E-state index contributed by atoms with van der Waals surface area (Å²) in [5.74, 6) is 0.630. The van der Waals surface area contributed by atoms with Crippen molar-refractivity contribution in [2.45, 2.75) is 73.8 Å². The molecule has 0 amide bonds. The second kappa shape index (κ2) is 12.4. The standard InChI is InChI=1S/C10H14.C7H14O2.C2H6/c1-9(2)8-10-6-4-3-5-7-10;1-5-6(8)9-7(2,3)4;1-2/h3-7,9H,8H2,1-2H3;5H2,1-4H3;1-2H3. The van der Waals surface area contributed by atoms with E-state index < -0.39 is 0 Å². The van der Waals surface area contributed by atoms with Gasteiger partial charge in [-0.15, -0.1) is 0 Å². The van der Waals surface area contributed by atoms with Crippen LogP contribution in [-0.2, 0) is 16.0 Å². The van der Waals surface area contributed by atoms with Gasteiger partial charge in [0, 0.05) is 6.42 Å². The minimum Gasteiger partial charge on any atom is -0.460 e. The monoisotopic (exact) mass is 294 g/mol. The van der Waals surface area contributed by atoms with Crippen LogP contribution >= 0.6 is 0 Å². The fourth-order valence-electron chi connectivity index (χ4n) is 1.50. The molecule has 122 valence electrons. The Hall–Kier alpha value is -1.31. The fourth-order valence-corrected chi connectivity index (χ4v) is 1.50. The average Bonchev–Trinajstić information content (AvgIpc) is 2.40. The van der Waals surface area contributed by atoms with E-state index >= 15 is 0 Å². The maximum absolute atomic E-state index is 10.6. The Morgan fingerprint density at radius 3 is 1.86 bits per heavy atom. The van der Waals surface area contributed by atoms with Gasteiger partial charge in [-0.2, -0.15) is 0 Å². The molecular weight excluding hydrogens is 260 g/mol. The Kier molecular flexibility index (Phi) is 13.0. The molecule has 0 aromatic heterocycles. The van der Waals surface area contributed by atoms with E-state index in [1.54, 1.807) is 6.92 Å².